The van der Waals surface area contributed by atoms with Crippen LogP contribution in [0.5, 0.6) is 0 Å². The Morgan fingerprint density at radius 1 is 1.04 bits per heavy atom. The quantitative estimate of drug-likeness (QED) is 0.825. The lowest BCUT2D eigenvalue weighted by Crippen LogP contribution is -2.36. The van der Waals surface area contributed by atoms with Crippen molar-refractivity contribution in [1.82, 2.24) is 14.8 Å². The van der Waals surface area contributed by atoms with Crippen LogP contribution in [-0.4, -0.2) is 27.9 Å². The van der Waals surface area contributed by atoms with E-state index in [0.29, 0.717) is 13.1 Å². The lowest BCUT2D eigenvalue weighted by Gasteiger charge is -2.34. The zero-order valence-corrected chi connectivity index (χ0v) is 14.6. The van der Waals surface area contributed by atoms with E-state index in [1.165, 1.54) is 6.42 Å². The number of nitrogens with zero attached hydrogens (tertiary/aromatic N) is 5. The fourth-order valence-corrected chi connectivity index (χ4v) is 4.13. The minimum Gasteiger partial charge on any atom is -0.366 e. The van der Waals surface area contributed by atoms with Crippen LogP contribution >= 0.6 is 0 Å². The number of hydrogen-bond acceptors (Lipinski definition) is 4. The van der Waals surface area contributed by atoms with Gasteiger partial charge in [0.1, 0.15) is 17.3 Å². The lowest BCUT2D eigenvalue weighted by atomic mass is 9.96. The van der Waals surface area contributed by atoms with Gasteiger partial charge in [-0.15, -0.1) is 10.2 Å². The normalized spacial score (nSPS) is 20.3. The first-order valence-corrected chi connectivity index (χ1v) is 9.23. The summed E-state index contributed by atoms with van der Waals surface area (Å²) in [4.78, 5) is 1.75. The van der Waals surface area contributed by atoms with Gasteiger partial charge < -0.3 is 9.47 Å². The van der Waals surface area contributed by atoms with Gasteiger partial charge in [0.25, 0.3) is 0 Å². The summed E-state index contributed by atoms with van der Waals surface area (Å²) < 4.78 is 31.0. The molecule has 0 bridgehead atoms. The van der Waals surface area contributed by atoms with Crippen molar-refractivity contribution in [3.8, 4) is 6.07 Å². The standard InChI is InChI=1S/C19H21F2N5/c20-15-9-13(11-22)10-16(21)18(15)25-7-4-5-14(12-25)19-24-23-17-6-2-1-3-8-26(17)19/h9-10,14H,1-8,12H2/t14-/m1/s1. The van der Waals surface area contributed by atoms with Gasteiger partial charge in [-0.25, -0.2) is 8.78 Å². The van der Waals surface area contributed by atoms with Crippen LogP contribution in [0, 0.1) is 23.0 Å². The molecule has 4 rings (SSSR count). The van der Waals surface area contributed by atoms with E-state index in [9.17, 15) is 8.78 Å². The molecule has 2 aromatic rings. The van der Waals surface area contributed by atoms with E-state index in [4.69, 9.17) is 5.26 Å². The number of nitriles is 1. The van der Waals surface area contributed by atoms with E-state index >= 15 is 0 Å². The monoisotopic (exact) mass is 357 g/mol. The van der Waals surface area contributed by atoms with Gasteiger partial charge in [-0.1, -0.05) is 6.42 Å². The highest BCUT2D eigenvalue weighted by Crippen LogP contribution is 2.33. The van der Waals surface area contributed by atoms with Gasteiger partial charge >= 0.3 is 0 Å². The van der Waals surface area contributed by atoms with Crippen molar-refractivity contribution >= 4 is 5.69 Å². The number of halogens is 2. The molecule has 7 heteroatoms. The topological polar surface area (TPSA) is 57.7 Å². The van der Waals surface area contributed by atoms with E-state index in [1.807, 2.05) is 0 Å². The number of aromatic nitrogens is 3. The van der Waals surface area contributed by atoms with Crippen molar-refractivity contribution in [3.05, 3.63) is 41.0 Å². The first-order valence-electron chi connectivity index (χ1n) is 9.23. The predicted molar refractivity (Wildman–Crippen MR) is 92.8 cm³/mol. The molecule has 2 aliphatic heterocycles. The summed E-state index contributed by atoms with van der Waals surface area (Å²) in [5.74, 6) is 0.730. The van der Waals surface area contributed by atoms with Gasteiger partial charge in [0.15, 0.2) is 11.6 Å². The number of rotatable bonds is 2. The molecule has 136 valence electrons. The molecule has 0 saturated carbocycles. The second-order valence-electron chi connectivity index (χ2n) is 7.12. The Morgan fingerprint density at radius 3 is 2.62 bits per heavy atom. The third-order valence-electron chi connectivity index (χ3n) is 5.39. The second-order valence-corrected chi connectivity index (χ2v) is 7.12. The highest BCUT2D eigenvalue weighted by molar-refractivity contribution is 5.53. The molecule has 2 aliphatic rings. The van der Waals surface area contributed by atoms with Crippen molar-refractivity contribution in [2.24, 2.45) is 0 Å². The van der Waals surface area contributed by atoms with Gasteiger partial charge in [0.05, 0.1) is 11.6 Å². The van der Waals surface area contributed by atoms with Gasteiger partial charge in [-0.3, -0.25) is 0 Å². The summed E-state index contributed by atoms with van der Waals surface area (Å²) in [5.41, 5.74) is -0.0376. The summed E-state index contributed by atoms with van der Waals surface area (Å²) in [5, 5.41) is 17.7. The third kappa shape index (κ3) is 3.05. The van der Waals surface area contributed by atoms with Crippen LogP contribution in [0.25, 0.3) is 0 Å². The van der Waals surface area contributed by atoms with Crippen LogP contribution in [0.1, 0.15) is 55.2 Å². The fraction of sp³-hybridized carbons (Fsp3) is 0.526. The molecule has 5 nitrogen and oxygen atoms in total. The Bertz CT molecular complexity index is 831. The van der Waals surface area contributed by atoms with Gasteiger partial charge in [0, 0.05) is 32.0 Å². The molecular formula is C19H21F2N5. The van der Waals surface area contributed by atoms with Crippen LogP contribution < -0.4 is 4.90 Å². The van der Waals surface area contributed by atoms with E-state index in [0.717, 1.165) is 62.4 Å². The molecule has 1 atom stereocenters. The van der Waals surface area contributed by atoms with Crippen LogP contribution in [0.4, 0.5) is 14.5 Å². The van der Waals surface area contributed by atoms with Crippen molar-refractivity contribution in [3.63, 3.8) is 0 Å². The highest BCUT2D eigenvalue weighted by atomic mass is 19.1. The molecule has 0 spiro atoms. The Balaban J connectivity index is 1.61. The number of anilines is 1. The minimum absolute atomic E-state index is 0.0000795. The third-order valence-corrected chi connectivity index (χ3v) is 5.39. The highest BCUT2D eigenvalue weighted by Gasteiger charge is 2.30. The maximum atomic E-state index is 14.4. The number of hydrogen-bond donors (Lipinski definition) is 0. The van der Waals surface area contributed by atoms with Crippen molar-refractivity contribution in [2.45, 2.75) is 51.0 Å². The van der Waals surface area contributed by atoms with Gasteiger partial charge in [-0.05, 0) is 37.8 Å². The molecule has 0 amide bonds. The Morgan fingerprint density at radius 2 is 1.85 bits per heavy atom. The Kier molecular flexibility index (Phi) is 4.58. The molecule has 1 aromatic heterocycles. The molecule has 1 aromatic carbocycles. The van der Waals surface area contributed by atoms with E-state index in [-0.39, 0.29) is 17.2 Å². The largest absolute Gasteiger partial charge is 0.366 e. The smallest absolute Gasteiger partial charge is 0.150 e. The first kappa shape index (κ1) is 17.0. The van der Waals surface area contributed by atoms with Crippen LogP contribution in [0.2, 0.25) is 0 Å². The lowest BCUT2D eigenvalue weighted by molar-refractivity contribution is 0.454. The number of fused-ring (bicyclic) bond motifs is 1. The summed E-state index contributed by atoms with van der Waals surface area (Å²) in [6, 6.07) is 3.99. The second kappa shape index (κ2) is 7.02. The SMILES string of the molecule is N#Cc1cc(F)c(N2CCC[C@@H](c3nnc4n3CCCCC4)C2)c(F)c1. The number of benzene rings is 1. The molecule has 0 aliphatic carbocycles. The Hall–Kier alpha value is -2.49. The van der Waals surface area contributed by atoms with Gasteiger partial charge in [-0.2, -0.15) is 5.26 Å². The van der Waals surface area contributed by atoms with Crippen LogP contribution in [0.3, 0.4) is 0 Å². The summed E-state index contributed by atoms with van der Waals surface area (Å²) >= 11 is 0. The summed E-state index contributed by atoms with van der Waals surface area (Å²) in [6.07, 6.45) is 6.17. The number of aryl methyl sites for hydroxylation is 1. The molecule has 3 heterocycles. The average molecular weight is 357 g/mol. The zero-order valence-electron chi connectivity index (χ0n) is 14.6. The molecule has 0 radical (unpaired) electrons. The fourth-order valence-electron chi connectivity index (χ4n) is 4.13. The zero-order chi connectivity index (χ0) is 18.1. The van der Waals surface area contributed by atoms with E-state index in [1.54, 1.807) is 11.0 Å². The average Bonchev–Trinajstić information content (AvgIpc) is 2.90. The van der Waals surface area contributed by atoms with Crippen molar-refractivity contribution in [2.75, 3.05) is 18.0 Å². The van der Waals surface area contributed by atoms with E-state index < -0.39 is 11.6 Å². The van der Waals surface area contributed by atoms with Crippen LogP contribution in [-0.2, 0) is 13.0 Å². The van der Waals surface area contributed by atoms with Gasteiger partial charge in [0.2, 0.25) is 0 Å². The molecule has 1 saturated heterocycles. The van der Waals surface area contributed by atoms with Crippen molar-refractivity contribution < 1.29 is 8.78 Å². The maximum absolute atomic E-state index is 14.4. The summed E-state index contributed by atoms with van der Waals surface area (Å²) in [7, 11) is 0. The predicted octanol–water partition coefficient (Wildman–Crippen LogP) is 3.54. The minimum atomic E-state index is -0.678. The van der Waals surface area contributed by atoms with Crippen LogP contribution in [0.15, 0.2) is 12.1 Å². The molecule has 26 heavy (non-hydrogen) atoms. The number of piperidine rings is 1. The maximum Gasteiger partial charge on any atom is 0.150 e. The Labute approximate surface area is 151 Å². The van der Waals surface area contributed by atoms with E-state index in [2.05, 4.69) is 14.8 Å². The first-order chi connectivity index (χ1) is 12.7. The summed E-state index contributed by atoms with van der Waals surface area (Å²) in [6.45, 7) is 2.03. The van der Waals surface area contributed by atoms with Crippen molar-refractivity contribution in [1.29, 1.82) is 5.26 Å². The molecular weight excluding hydrogens is 336 g/mol. The molecule has 0 unspecified atom stereocenters. The molecule has 0 N–H and O–H groups in total. The molecule has 1 fully saturated rings.